The Hall–Kier alpha value is -4.09. The Morgan fingerprint density at radius 3 is 2.50 bits per heavy atom. The highest BCUT2D eigenvalue weighted by Crippen LogP contribution is 2.59. The Balaban J connectivity index is 1.22. The maximum absolute atomic E-state index is 14.7. The van der Waals surface area contributed by atoms with Gasteiger partial charge >= 0.3 is 6.18 Å². The number of carbonyl (C=O) groups is 1. The molecule has 1 fully saturated rings. The second-order valence-corrected chi connectivity index (χ2v) is 8.78. The summed E-state index contributed by atoms with van der Waals surface area (Å²) in [5.74, 6) is -1.17. The first-order chi connectivity index (χ1) is 17.1. The molecule has 0 spiro atoms. The second-order valence-electron chi connectivity index (χ2n) is 8.78. The smallest absolute Gasteiger partial charge is 0.358 e. The van der Waals surface area contributed by atoms with E-state index in [-0.39, 0.29) is 36.4 Å². The van der Waals surface area contributed by atoms with Crippen LogP contribution in [-0.4, -0.2) is 36.8 Å². The van der Waals surface area contributed by atoms with Crippen molar-refractivity contribution in [1.82, 2.24) is 24.7 Å². The fourth-order valence-electron chi connectivity index (χ4n) is 3.90. The van der Waals surface area contributed by atoms with Crippen molar-refractivity contribution < 1.29 is 26.9 Å². The van der Waals surface area contributed by atoms with Gasteiger partial charge in [-0.25, -0.2) is 19.3 Å². The van der Waals surface area contributed by atoms with Gasteiger partial charge in [-0.15, -0.1) is 0 Å². The number of hydrogen-bond donors (Lipinski definition) is 1. The van der Waals surface area contributed by atoms with Gasteiger partial charge in [-0.1, -0.05) is 17.3 Å². The number of aryl methyl sites for hydroxylation is 1. The molecule has 0 radical (unpaired) electrons. The Morgan fingerprint density at radius 1 is 1.14 bits per heavy atom. The summed E-state index contributed by atoms with van der Waals surface area (Å²) in [5.41, 5.74) is 0.0352. The van der Waals surface area contributed by atoms with Crippen LogP contribution in [0.1, 0.15) is 35.7 Å². The number of anilines is 1. The highest BCUT2D eigenvalue weighted by Gasteiger charge is 2.66. The summed E-state index contributed by atoms with van der Waals surface area (Å²) in [5, 5.41) is 5.87. The molecular formula is C24H20F4N6O2. The number of halogens is 4. The van der Waals surface area contributed by atoms with Crippen LogP contribution in [0.2, 0.25) is 0 Å². The predicted molar refractivity (Wildman–Crippen MR) is 119 cm³/mol. The lowest BCUT2D eigenvalue weighted by Crippen LogP contribution is -2.28. The third kappa shape index (κ3) is 4.70. The summed E-state index contributed by atoms with van der Waals surface area (Å²) < 4.78 is 61.0. The monoisotopic (exact) mass is 500 g/mol. The third-order valence-electron chi connectivity index (χ3n) is 6.08. The first-order valence-electron chi connectivity index (χ1n) is 11.0. The second kappa shape index (κ2) is 8.85. The lowest BCUT2D eigenvalue weighted by molar-refractivity contribution is -0.165. The maximum Gasteiger partial charge on any atom is 0.401 e. The van der Waals surface area contributed by atoms with Crippen molar-refractivity contribution in [3.63, 3.8) is 0 Å². The molecule has 1 saturated carbocycles. The summed E-state index contributed by atoms with van der Waals surface area (Å²) >= 11 is 0. The standard InChI is InChI=1S/C24H20F4N6O2/c1-34-12-17(31-13-34)8-20-29-10-16(11-30-20)14-2-3-15(18(25)6-14)7-22(35)32-21-9-19(36-33-21)23(4-5-23)24(26,27)28/h2-3,6,9-13H,4-5,7-8H2,1H3,(H,32,33,35). The molecule has 0 bridgehead atoms. The Labute approximate surface area is 202 Å². The van der Waals surface area contributed by atoms with Crippen molar-refractivity contribution in [2.75, 3.05) is 5.32 Å². The number of amides is 1. The van der Waals surface area contributed by atoms with Gasteiger partial charge in [0, 0.05) is 37.3 Å². The van der Waals surface area contributed by atoms with Crippen molar-refractivity contribution in [1.29, 1.82) is 0 Å². The van der Waals surface area contributed by atoms with Crippen molar-refractivity contribution in [2.45, 2.75) is 37.3 Å². The van der Waals surface area contributed by atoms with E-state index in [1.807, 2.05) is 17.8 Å². The molecule has 1 aromatic carbocycles. The van der Waals surface area contributed by atoms with Gasteiger partial charge in [-0.2, -0.15) is 13.2 Å². The lowest BCUT2D eigenvalue weighted by Gasteiger charge is -2.14. The van der Waals surface area contributed by atoms with Crippen LogP contribution in [0.15, 0.2) is 53.7 Å². The molecule has 3 heterocycles. The number of benzene rings is 1. The first-order valence-corrected chi connectivity index (χ1v) is 11.0. The fraction of sp³-hybridized carbons (Fsp3) is 0.292. The van der Waals surface area contributed by atoms with Crippen LogP contribution in [0.25, 0.3) is 11.1 Å². The van der Waals surface area contributed by atoms with E-state index in [0.29, 0.717) is 23.4 Å². The van der Waals surface area contributed by atoms with E-state index in [9.17, 15) is 22.4 Å². The Bertz CT molecular complexity index is 1410. The van der Waals surface area contributed by atoms with Crippen LogP contribution in [0.4, 0.5) is 23.4 Å². The van der Waals surface area contributed by atoms with Crippen LogP contribution < -0.4 is 5.32 Å². The van der Waals surface area contributed by atoms with Gasteiger partial charge in [0.05, 0.1) is 24.9 Å². The number of imidazole rings is 1. The number of carbonyl (C=O) groups excluding carboxylic acids is 1. The van der Waals surface area contributed by atoms with E-state index in [1.54, 1.807) is 24.8 Å². The highest BCUT2D eigenvalue weighted by atomic mass is 19.4. The van der Waals surface area contributed by atoms with E-state index in [4.69, 9.17) is 4.52 Å². The average molecular weight is 500 g/mol. The lowest BCUT2D eigenvalue weighted by atomic mass is 10.0. The molecule has 0 saturated heterocycles. The zero-order chi connectivity index (χ0) is 25.5. The number of rotatable bonds is 7. The molecule has 5 rings (SSSR count). The molecule has 36 heavy (non-hydrogen) atoms. The van der Waals surface area contributed by atoms with Crippen LogP contribution in [0, 0.1) is 5.82 Å². The van der Waals surface area contributed by atoms with E-state index >= 15 is 0 Å². The quantitative estimate of drug-likeness (QED) is 0.379. The fourth-order valence-corrected chi connectivity index (χ4v) is 3.90. The van der Waals surface area contributed by atoms with Crippen molar-refractivity contribution in [3.8, 4) is 11.1 Å². The first kappa shape index (κ1) is 23.6. The molecule has 1 aliphatic carbocycles. The van der Waals surface area contributed by atoms with Gasteiger partial charge in [0.25, 0.3) is 0 Å². The van der Waals surface area contributed by atoms with E-state index < -0.39 is 23.3 Å². The summed E-state index contributed by atoms with van der Waals surface area (Å²) in [6.45, 7) is 0. The number of alkyl halides is 3. The third-order valence-corrected chi connectivity index (χ3v) is 6.08. The molecule has 0 unspecified atom stereocenters. The van der Waals surface area contributed by atoms with Crippen molar-refractivity contribution in [3.05, 3.63) is 77.8 Å². The number of hydrogen-bond acceptors (Lipinski definition) is 6. The molecule has 3 aromatic heterocycles. The Kier molecular flexibility index (Phi) is 5.81. The normalized spacial score (nSPS) is 14.6. The van der Waals surface area contributed by atoms with E-state index in [0.717, 1.165) is 11.8 Å². The molecule has 12 heteroatoms. The highest BCUT2D eigenvalue weighted by molar-refractivity contribution is 5.91. The molecule has 8 nitrogen and oxygen atoms in total. The van der Waals surface area contributed by atoms with Crippen molar-refractivity contribution in [2.24, 2.45) is 7.05 Å². The average Bonchev–Trinajstić information content (AvgIpc) is 3.37. The number of nitrogens with zero attached hydrogens (tertiary/aromatic N) is 5. The van der Waals surface area contributed by atoms with Gasteiger partial charge in [-0.3, -0.25) is 4.79 Å². The predicted octanol–water partition coefficient (Wildman–Crippen LogP) is 4.37. The van der Waals surface area contributed by atoms with Gasteiger partial charge in [0.1, 0.15) is 17.1 Å². The van der Waals surface area contributed by atoms with Crippen LogP contribution in [0.3, 0.4) is 0 Å². The maximum atomic E-state index is 14.7. The van der Waals surface area contributed by atoms with Gasteiger partial charge in [0.15, 0.2) is 11.6 Å². The topological polar surface area (TPSA) is 98.7 Å². The summed E-state index contributed by atoms with van der Waals surface area (Å²) in [4.78, 5) is 25.2. The zero-order valence-electron chi connectivity index (χ0n) is 19.0. The molecule has 0 atom stereocenters. The van der Waals surface area contributed by atoms with Gasteiger partial charge < -0.3 is 14.4 Å². The SMILES string of the molecule is Cn1cnc(Cc2ncc(-c3ccc(CC(=O)Nc4cc(C5(C(F)(F)F)CC5)on4)c(F)c3)cn2)c1. The summed E-state index contributed by atoms with van der Waals surface area (Å²) in [6.07, 6.45) is 2.23. The molecule has 1 N–H and O–H groups in total. The molecule has 0 aliphatic heterocycles. The summed E-state index contributed by atoms with van der Waals surface area (Å²) in [6, 6.07) is 5.43. The van der Waals surface area contributed by atoms with Crippen LogP contribution >= 0.6 is 0 Å². The zero-order valence-corrected chi connectivity index (χ0v) is 19.0. The summed E-state index contributed by atoms with van der Waals surface area (Å²) in [7, 11) is 1.87. The molecule has 1 amide bonds. The van der Waals surface area contributed by atoms with Crippen LogP contribution in [-0.2, 0) is 30.1 Å². The molecular weight excluding hydrogens is 480 g/mol. The van der Waals surface area contributed by atoms with E-state index in [1.165, 1.54) is 12.1 Å². The largest absolute Gasteiger partial charge is 0.401 e. The minimum Gasteiger partial charge on any atom is -0.358 e. The number of aromatic nitrogens is 5. The minimum atomic E-state index is -4.46. The number of nitrogens with one attached hydrogen (secondary N) is 1. The van der Waals surface area contributed by atoms with Crippen LogP contribution in [0.5, 0.6) is 0 Å². The molecule has 4 aromatic rings. The molecule has 1 aliphatic rings. The molecule has 186 valence electrons. The van der Waals surface area contributed by atoms with Crippen molar-refractivity contribution >= 4 is 11.7 Å². The van der Waals surface area contributed by atoms with Gasteiger partial charge in [-0.05, 0) is 30.0 Å². The van der Waals surface area contributed by atoms with E-state index in [2.05, 4.69) is 25.4 Å². The Morgan fingerprint density at radius 2 is 1.89 bits per heavy atom. The minimum absolute atomic E-state index is 0.0887. The van der Waals surface area contributed by atoms with Gasteiger partial charge in [0.2, 0.25) is 5.91 Å².